The highest BCUT2D eigenvalue weighted by Crippen LogP contribution is 2.27. The van der Waals surface area contributed by atoms with Crippen molar-refractivity contribution in [2.75, 3.05) is 20.3 Å². The van der Waals surface area contributed by atoms with Gasteiger partial charge in [0.05, 0.1) is 27.7 Å². The number of nitrogens with zero attached hydrogens (tertiary/aromatic N) is 3. The predicted octanol–water partition coefficient (Wildman–Crippen LogP) is 2.95. The summed E-state index contributed by atoms with van der Waals surface area (Å²) >= 11 is 1.61. The highest BCUT2D eigenvalue weighted by molar-refractivity contribution is 7.13. The number of hydrogen-bond acceptors (Lipinski definition) is 5. The van der Waals surface area contributed by atoms with E-state index < -0.39 is 0 Å². The van der Waals surface area contributed by atoms with Gasteiger partial charge in [-0.1, -0.05) is 6.07 Å². The molecule has 0 radical (unpaired) electrons. The van der Waals surface area contributed by atoms with Crippen LogP contribution in [0.4, 0.5) is 0 Å². The molecule has 0 aromatic carbocycles. The van der Waals surface area contributed by atoms with Crippen molar-refractivity contribution in [1.82, 2.24) is 20.1 Å². The van der Waals surface area contributed by atoms with Crippen LogP contribution in [0.15, 0.2) is 29.8 Å². The van der Waals surface area contributed by atoms with Gasteiger partial charge in [0.25, 0.3) is 5.91 Å². The van der Waals surface area contributed by atoms with Gasteiger partial charge in [-0.05, 0) is 30.9 Å². The first-order valence-corrected chi connectivity index (χ1v) is 8.80. The molecule has 1 N–H and O–H groups in total. The minimum absolute atomic E-state index is 0.105. The second-order valence-corrected chi connectivity index (χ2v) is 6.28. The molecule has 0 unspecified atom stereocenters. The molecule has 3 rings (SSSR count). The Morgan fingerprint density at radius 1 is 1.46 bits per heavy atom. The maximum Gasteiger partial charge on any atom is 0.252 e. The number of nitrogens with one attached hydrogen (secondary N) is 1. The zero-order valence-corrected chi connectivity index (χ0v) is 14.6. The number of fused-ring (bicyclic) bond motifs is 1. The Bertz CT molecular complexity index is 827. The average Bonchev–Trinajstić information content (AvgIpc) is 3.26. The van der Waals surface area contributed by atoms with Gasteiger partial charge in [0, 0.05) is 26.8 Å². The van der Waals surface area contributed by atoms with Gasteiger partial charge in [0.2, 0.25) is 0 Å². The zero-order chi connectivity index (χ0) is 16.9. The van der Waals surface area contributed by atoms with Crippen molar-refractivity contribution in [2.24, 2.45) is 0 Å². The highest BCUT2D eigenvalue weighted by Gasteiger charge is 2.17. The predicted molar refractivity (Wildman–Crippen MR) is 95.3 cm³/mol. The van der Waals surface area contributed by atoms with Gasteiger partial charge in [-0.15, -0.1) is 11.3 Å². The Balaban J connectivity index is 1.98. The normalized spacial score (nSPS) is 11.1. The van der Waals surface area contributed by atoms with Crippen molar-refractivity contribution >= 4 is 28.3 Å². The van der Waals surface area contributed by atoms with Gasteiger partial charge >= 0.3 is 0 Å². The van der Waals surface area contributed by atoms with E-state index in [4.69, 9.17) is 9.72 Å². The molecule has 0 saturated heterocycles. The third kappa shape index (κ3) is 3.32. The van der Waals surface area contributed by atoms with Crippen LogP contribution in [-0.2, 0) is 11.3 Å². The van der Waals surface area contributed by atoms with Crippen molar-refractivity contribution in [3.8, 4) is 10.6 Å². The minimum atomic E-state index is -0.105. The van der Waals surface area contributed by atoms with Crippen LogP contribution < -0.4 is 5.32 Å². The fourth-order valence-corrected chi connectivity index (χ4v) is 3.22. The maximum atomic E-state index is 12.6. The first kappa shape index (κ1) is 16.6. The highest BCUT2D eigenvalue weighted by atomic mass is 32.1. The molecule has 24 heavy (non-hydrogen) atoms. The van der Waals surface area contributed by atoms with E-state index in [9.17, 15) is 4.79 Å². The smallest absolute Gasteiger partial charge is 0.252 e. The Kier molecular flexibility index (Phi) is 5.22. The quantitative estimate of drug-likeness (QED) is 0.669. The number of ether oxygens (including phenoxy) is 1. The molecular weight excluding hydrogens is 324 g/mol. The van der Waals surface area contributed by atoms with E-state index in [0.29, 0.717) is 25.3 Å². The molecule has 0 atom stereocenters. The number of hydrogen-bond donors (Lipinski definition) is 1. The standard InChI is InChI=1S/C17H20N4O2S/c1-3-21-16-13(11-19-21)12(17(22)18-7-5-8-23-2)10-14(20-16)15-6-4-9-24-15/h4,6,9-11H,3,5,7-8H2,1-2H3,(H,18,22). The van der Waals surface area contributed by atoms with Crippen LogP contribution in [0.25, 0.3) is 21.6 Å². The molecule has 0 aliphatic carbocycles. The summed E-state index contributed by atoms with van der Waals surface area (Å²) in [5, 5.41) is 10.1. The van der Waals surface area contributed by atoms with E-state index in [0.717, 1.165) is 28.0 Å². The maximum absolute atomic E-state index is 12.6. The van der Waals surface area contributed by atoms with Crippen LogP contribution in [-0.4, -0.2) is 40.9 Å². The number of thiophene rings is 1. The number of aryl methyl sites for hydroxylation is 1. The molecule has 0 saturated carbocycles. The Morgan fingerprint density at radius 2 is 2.33 bits per heavy atom. The molecule has 126 valence electrons. The van der Waals surface area contributed by atoms with Crippen molar-refractivity contribution in [3.05, 3.63) is 35.3 Å². The molecule has 7 heteroatoms. The molecule has 0 fully saturated rings. The number of methoxy groups -OCH3 is 1. The van der Waals surface area contributed by atoms with Crippen LogP contribution in [0, 0.1) is 0 Å². The molecule has 3 aromatic heterocycles. The van der Waals surface area contributed by atoms with Crippen molar-refractivity contribution in [3.63, 3.8) is 0 Å². The lowest BCUT2D eigenvalue weighted by molar-refractivity contribution is 0.0950. The van der Waals surface area contributed by atoms with E-state index >= 15 is 0 Å². The molecule has 0 aliphatic heterocycles. The van der Waals surface area contributed by atoms with Crippen LogP contribution in [0.3, 0.4) is 0 Å². The summed E-state index contributed by atoms with van der Waals surface area (Å²) in [5.74, 6) is -0.105. The number of aromatic nitrogens is 3. The van der Waals surface area contributed by atoms with Crippen LogP contribution in [0.2, 0.25) is 0 Å². The molecule has 3 heterocycles. The SMILES string of the molecule is CCn1ncc2c(C(=O)NCCCOC)cc(-c3cccs3)nc21. The molecule has 6 nitrogen and oxygen atoms in total. The average molecular weight is 344 g/mol. The van der Waals surface area contributed by atoms with Gasteiger partial charge < -0.3 is 10.1 Å². The molecule has 0 bridgehead atoms. The molecular formula is C17H20N4O2S. The largest absolute Gasteiger partial charge is 0.385 e. The summed E-state index contributed by atoms with van der Waals surface area (Å²) < 4.78 is 6.83. The summed E-state index contributed by atoms with van der Waals surface area (Å²) in [6.07, 6.45) is 2.50. The molecule has 0 aliphatic rings. The van der Waals surface area contributed by atoms with Crippen LogP contribution >= 0.6 is 11.3 Å². The van der Waals surface area contributed by atoms with Crippen molar-refractivity contribution < 1.29 is 9.53 Å². The first-order valence-electron chi connectivity index (χ1n) is 7.92. The monoisotopic (exact) mass is 344 g/mol. The number of rotatable bonds is 7. The lowest BCUT2D eigenvalue weighted by Crippen LogP contribution is -2.25. The third-order valence-electron chi connectivity index (χ3n) is 3.74. The zero-order valence-electron chi connectivity index (χ0n) is 13.8. The number of carbonyl (C=O) groups is 1. The molecule has 0 spiro atoms. The van der Waals surface area contributed by atoms with Crippen molar-refractivity contribution in [1.29, 1.82) is 0 Å². The van der Waals surface area contributed by atoms with Gasteiger partial charge in [-0.25, -0.2) is 9.67 Å². The van der Waals surface area contributed by atoms with Crippen LogP contribution in [0.5, 0.6) is 0 Å². The summed E-state index contributed by atoms with van der Waals surface area (Å²) in [5.41, 5.74) is 2.15. The van der Waals surface area contributed by atoms with Gasteiger partial charge in [0.1, 0.15) is 0 Å². The number of carbonyl (C=O) groups excluding carboxylic acids is 1. The van der Waals surface area contributed by atoms with E-state index in [2.05, 4.69) is 10.4 Å². The van der Waals surface area contributed by atoms with E-state index in [-0.39, 0.29) is 5.91 Å². The molecule has 1 amide bonds. The Labute approximate surface area is 144 Å². The number of pyridine rings is 1. The summed E-state index contributed by atoms with van der Waals surface area (Å²) in [6, 6.07) is 5.83. The van der Waals surface area contributed by atoms with E-state index in [1.807, 2.05) is 35.2 Å². The summed E-state index contributed by atoms with van der Waals surface area (Å²) in [4.78, 5) is 18.4. The first-order chi connectivity index (χ1) is 11.7. The molecule has 3 aromatic rings. The van der Waals surface area contributed by atoms with Gasteiger partial charge in [-0.2, -0.15) is 5.10 Å². The second kappa shape index (κ2) is 7.55. The third-order valence-corrected chi connectivity index (χ3v) is 4.63. The summed E-state index contributed by atoms with van der Waals surface area (Å²) in [6.45, 7) is 3.92. The van der Waals surface area contributed by atoms with Gasteiger partial charge in [0.15, 0.2) is 5.65 Å². The van der Waals surface area contributed by atoms with E-state index in [1.165, 1.54) is 0 Å². The Morgan fingerprint density at radius 3 is 3.04 bits per heavy atom. The summed E-state index contributed by atoms with van der Waals surface area (Å²) in [7, 11) is 1.65. The fraction of sp³-hybridized carbons (Fsp3) is 0.353. The lowest BCUT2D eigenvalue weighted by atomic mass is 10.1. The second-order valence-electron chi connectivity index (χ2n) is 5.33. The number of amides is 1. The van der Waals surface area contributed by atoms with Crippen LogP contribution in [0.1, 0.15) is 23.7 Å². The lowest BCUT2D eigenvalue weighted by Gasteiger charge is -2.08. The van der Waals surface area contributed by atoms with E-state index in [1.54, 1.807) is 24.6 Å². The fourth-order valence-electron chi connectivity index (χ4n) is 2.53. The minimum Gasteiger partial charge on any atom is -0.385 e. The topological polar surface area (TPSA) is 69.0 Å². The van der Waals surface area contributed by atoms with Crippen molar-refractivity contribution in [2.45, 2.75) is 19.9 Å². The Hall–Kier alpha value is -2.25. The van der Waals surface area contributed by atoms with Gasteiger partial charge in [-0.3, -0.25) is 4.79 Å².